The maximum Gasteiger partial charge on any atom is 0.170 e. The van der Waals surface area contributed by atoms with Gasteiger partial charge in [-0.15, -0.1) is 0 Å². The zero-order valence-corrected chi connectivity index (χ0v) is 11.0. The van der Waals surface area contributed by atoms with Gasteiger partial charge in [0.2, 0.25) is 0 Å². The Bertz CT molecular complexity index is 449. The molecule has 0 saturated heterocycles. The van der Waals surface area contributed by atoms with Gasteiger partial charge in [0.25, 0.3) is 0 Å². The number of oxime groups is 1. The summed E-state index contributed by atoms with van der Waals surface area (Å²) in [6.45, 7) is 0.911. The Balaban J connectivity index is 1.57. The van der Waals surface area contributed by atoms with E-state index in [1.54, 1.807) is 0 Å². The molecule has 2 aliphatic carbocycles. The van der Waals surface area contributed by atoms with Crippen molar-refractivity contribution in [3.63, 3.8) is 0 Å². The van der Waals surface area contributed by atoms with Crippen LogP contribution < -0.4 is 11.1 Å². The van der Waals surface area contributed by atoms with Gasteiger partial charge in [0, 0.05) is 18.2 Å². The molecule has 0 heterocycles. The molecule has 4 nitrogen and oxygen atoms in total. The SMILES string of the molecule is NC(=NO)c1ccc(CNC(C2CC2)C2CC2)cc1. The molecule has 19 heavy (non-hydrogen) atoms. The summed E-state index contributed by atoms with van der Waals surface area (Å²) in [4.78, 5) is 0. The lowest BCUT2D eigenvalue weighted by molar-refractivity contribution is 0.318. The molecular weight excluding hydrogens is 238 g/mol. The van der Waals surface area contributed by atoms with Crippen molar-refractivity contribution >= 4 is 5.84 Å². The molecule has 0 aliphatic heterocycles. The van der Waals surface area contributed by atoms with Gasteiger partial charge in [-0.05, 0) is 43.1 Å². The fourth-order valence-electron chi connectivity index (χ4n) is 2.72. The van der Waals surface area contributed by atoms with E-state index < -0.39 is 0 Å². The van der Waals surface area contributed by atoms with Crippen molar-refractivity contribution in [2.75, 3.05) is 0 Å². The molecule has 1 aromatic carbocycles. The number of hydrogen-bond acceptors (Lipinski definition) is 3. The first-order chi connectivity index (χ1) is 9.28. The first-order valence-electron chi connectivity index (χ1n) is 7.08. The lowest BCUT2D eigenvalue weighted by Crippen LogP contribution is -2.32. The number of nitrogens with zero attached hydrogens (tertiary/aromatic N) is 1. The molecule has 4 heteroatoms. The molecule has 102 valence electrons. The Labute approximate surface area is 113 Å². The summed E-state index contributed by atoms with van der Waals surface area (Å²) in [7, 11) is 0. The minimum Gasteiger partial charge on any atom is -0.409 e. The third-order valence-electron chi connectivity index (χ3n) is 4.16. The van der Waals surface area contributed by atoms with Crippen molar-refractivity contribution < 1.29 is 5.21 Å². The fourth-order valence-corrected chi connectivity index (χ4v) is 2.72. The quantitative estimate of drug-likeness (QED) is 0.317. The first kappa shape index (κ1) is 12.5. The number of hydrogen-bond donors (Lipinski definition) is 3. The minimum absolute atomic E-state index is 0.161. The average molecular weight is 259 g/mol. The Kier molecular flexibility index (Phi) is 3.42. The first-order valence-corrected chi connectivity index (χ1v) is 7.08. The largest absolute Gasteiger partial charge is 0.409 e. The number of nitrogens with two attached hydrogens (primary N) is 1. The summed E-state index contributed by atoms with van der Waals surface area (Å²) < 4.78 is 0. The second-order valence-corrected chi connectivity index (χ2v) is 5.76. The molecule has 2 saturated carbocycles. The smallest absolute Gasteiger partial charge is 0.170 e. The minimum atomic E-state index is 0.161. The average Bonchev–Trinajstić information content (AvgIpc) is 3.31. The van der Waals surface area contributed by atoms with E-state index in [-0.39, 0.29) is 5.84 Å². The summed E-state index contributed by atoms with van der Waals surface area (Å²) in [5, 5.41) is 15.3. The third-order valence-corrected chi connectivity index (χ3v) is 4.16. The van der Waals surface area contributed by atoms with Gasteiger partial charge in [0.1, 0.15) is 0 Å². The normalized spacial score (nSPS) is 19.9. The summed E-state index contributed by atoms with van der Waals surface area (Å²) in [5.74, 6) is 2.00. The molecule has 0 spiro atoms. The van der Waals surface area contributed by atoms with Crippen LogP contribution in [-0.2, 0) is 6.54 Å². The highest BCUT2D eigenvalue weighted by molar-refractivity contribution is 5.96. The van der Waals surface area contributed by atoms with Crippen LogP contribution in [0.5, 0.6) is 0 Å². The van der Waals surface area contributed by atoms with E-state index in [1.165, 1.54) is 31.2 Å². The van der Waals surface area contributed by atoms with Crippen LogP contribution in [0.1, 0.15) is 36.8 Å². The Morgan fingerprint density at radius 2 is 1.79 bits per heavy atom. The lowest BCUT2D eigenvalue weighted by atomic mass is 10.1. The van der Waals surface area contributed by atoms with Crippen LogP contribution in [-0.4, -0.2) is 17.1 Å². The summed E-state index contributed by atoms with van der Waals surface area (Å²) in [5.41, 5.74) is 7.55. The summed E-state index contributed by atoms with van der Waals surface area (Å²) >= 11 is 0. The predicted molar refractivity (Wildman–Crippen MR) is 75.0 cm³/mol. The van der Waals surface area contributed by atoms with Crippen molar-refractivity contribution in [3.8, 4) is 0 Å². The second kappa shape index (κ2) is 5.21. The molecule has 0 atom stereocenters. The molecule has 0 radical (unpaired) electrons. The molecule has 4 N–H and O–H groups in total. The number of nitrogens with one attached hydrogen (secondary N) is 1. The van der Waals surface area contributed by atoms with E-state index >= 15 is 0 Å². The number of benzene rings is 1. The van der Waals surface area contributed by atoms with Crippen molar-refractivity contribution in [1.82, 2.24) is 5.32 Å². The van der Waals surface area contributed by atoms with E-state index in [9.17, 15) is 0 Å². The maximum atomic E-state index is 8.62. The molecule has 0 aromatic heterocycles. The van der Waals surface area contributed by atoms with Crippen LogP contribution >= 0.6 is 0 Å². The zero-order chi connectivity index (χ0) is 13.2. The van der Waals surface area contributed by atoms with E-state index in [0.29, 0.717) is 0 Å². The predicted octanol–water partition coefficient (Wildman–Crippen LogP) is 2.06. The Hall–Kier alpha value is -1.55. The van der Waals surface area contributed by atoms with Crippen molar-refractivity contribution in [3.05, 3.63) is 35.4 Å². The highest BCUT2D eigenvalue weighted by atomic mass is 16.4. The number of amidine groups is 1. The van der Waals surface area contributed by atoms with Crippen molar-refractivity contribution in [2.45, 2.75) is 38.3 Å². The molecular formula is C15H21N3O. The van der Waals surface area contributed by atoms with Gasteiger partial charge >= 0.3 is 0 Å². The Morgan fingerprint density at radius 1 is 1.21 bits per heavy atom. The van der Waals surface area contributed by atoms with Crippen LogP contribution in [0.15, 0.2) is 29.4 Å². The van der Waals surface area contributed by atoms with E-state index in [1.807, 2.05) is 24.3 Å². The lowest BCUT2D eigenvalue weighted by Gasteiger charge is -2.17. The molecule has 0 bridgehead atoms. The zero-order valence-electron chi connectivity index (χ0n) is 11.0. The van der Waals surface area contributed by atoms with Gasteiger partial charge in [-0.3, -0.25) is 0 Å². The van der Waals surface area contributed by atoms with Crippen LogP contribution in [0.3, 0.4) is 0 Å². The molecule has 0 amide bonds. The molecule has 0 unspecified atom stereocenters. The standard InChI is InChI=1S/C15H21N3O/c16-15(18-19)13-3-1-10(2-4-13)9-17-14(11-5-6-11)12-7-8-12/h1-4,11-12,14,17,19H,5-9H2,(H2,16,18). The van der Waals surface area contributed by atoms with Crippen molar-refractivity contribution in [2.24, 2.45) is 22.7 Å². The van der Waals surface area contributed by atoms with Crippen LogP contribution in [0.4, 0.5) is 0 Å². The Morgan fingerprint density at radius 3 is 2.26 bits per heavy atom. The highest BCUT2D eigenvalue weighted by Gasteiger charge is 2.40. The van der Waals surface area contributed by atoms with Gasteiger partial charge in [0.15, 0.2) is 5.84 Å². The maximum absolute atomic E-state index is 8.62. The topological polar surface area (TPSA) is 70.6 Å². The molecule has 1 aromatic rings. The van der Waals surface area contributed by atoms with E-state index in [4.69, 9.17) is 10.9 Å². The molecule has 2 aliphatic rings. The van der Waals surface area contributed by atoms with Crippen LogP contribution in [0.25, 0.3) is 0 Å². The van der Waals surface area contributed by atoms with E-state index in [0.717, 1.165) is 30.0 Å². The van der Waals surface area contributed by atoms with E-state index in [2.05, 4.69) is 10.5 Å². The van der Waals surface area contributed by atoms with Gasteiger partial charge < -0.3 is 16.3 Å². The fraction of sp³-hybridized carbons (Fsp3) is 0.533. The second-order valence-electron chi connectivity index (χ2n) is 5.76. The number of rotatable bonds is 6. The summed E-state index contributed by atoms with van der Waals surface area (Å²) in [6, 6.07) is 8.60. The van der Waals surface area contributed by atoms with Gasteiger partial charge in [-0.25, -0.2) is 0 Å². The van der Waals surface area contributed by atoms with Crippen LogP contribution in [0, 0.1) is 11.8 Å². The van der Waals surface area contributed by atoms with Gasteiger partial charge in [0.05, 0.1) is 0 Å². The third kappa shape index (κ3) is 3.07. The van der Waals surface area contributed by atoms with Gasteiger partial charge in [-0.1, -0.05) is 29.4 Å². The monoisotopic (exact) mass is 259 g/mol. The van der Waals surface area contributed by atoms with Crippen molar-refractivity contribution in [1.29, 1.82) is 0 Å². The van der Waals surface area contributed by atoms with Gasteiger partial charge in [-0.2, -0.15) is 0 Å². The highest BCUT2D eigenvalue weighted by Crippen LogP contribution is 2.44. The van der Waals surface area contributed by atoms with Crippen LogP contribution in [0.2, 0.25) is 0 Å². The summed E-state index contributed by atoms with van der Waals surface area (Å²) in [6.07, 6.45) is 5.60. The molecule has 2 fully saturated rings. The molecule has 3 rings (SSSR count).